The lowest BCUT2D eigenvalue weighted by atomic mass is 9.88. The Kier molecular flexibility index (Phi) is 8.17. The lowest BCUT2D eigenvalue weighted by Gasteiger charge is -2.19. The van der Waals surface area contributed by atoms with E-state index in [0.717, 1.165) is 57.8 Å². The van der Waals surface area contributed by atoms with Crippen LogP contribution in [0.4, 0.5) is 0 Å². The van der Waals surface area contributed by atoms with E-state index in [1.54, 1.807) is 0 Å². The highest BCUT2D eigenvalue weighted by Crippen LogP contribution is 2.48. The van der Waals surface area contributed by atoms with Gasteiger partial charge in [-0.3, -0.25) is 4.79 Å². The second kappa shape index (κ2) is 10.1. The maximum Gasteiger partial charge on any atom is 0.303 e. The molecule has 2 aliphatic carbocycles. The fourth-order valence-electron chi connectivity index (χ4n) is 4.38. The summed E-state index contributed by atoms with van der Waals surface area (Å²) in [5.41, 5.74) is 1.43. The summed E-state index contributed by atoms with van der Waals surface area (Å²) in [5, 5.41) is 29.1. The lowest BCUT2D eigenvalue weighted by Crippen LogP contribution is -2.18. The van der Waals surface area contributed by atoms with E-state index in [1.807, 2.05) is 12.2 Å². The number of unbranched alkanes of at least 4 members (excludes halogenated alkanes) is 3. The van der Waals surface area contributed by atoms with E-state index in [1.165, 1.54) is 5.57 Å². The van der Waals surface area contributed by atoms with Gasteiger partial charge in [-0.1, -0.05) is 50.0 Å². The normalized spacial score (nSPS) is 29.8. The van der Waals surface area contributed by atoms with E-state index in [0.29, 0.717) is 11.8 Å². The van der Waals surface area contributed by atoms with Crippen molar-refractivity contribution < 1.29 is 20.1 Å². The van der Waals surface area contributed by atoms with Gasteiger partial charge in [-0.2, -0.15) is 0 Å². The molecule has 1 fully saturated rings. The van der Waals surface area contributed by atoms with Crippen molar-refractivity contribution in [3.8, 4) is 0 Å². The zero-order valence-corrected chi connectivity index (χ0v) is 15.4. The van der Waals surface area contributed by atoms with Crippen LogP contribution in [0.2, 0.25) is 0 Å². The average molecular weight is 350 g/mol. The molecule has 5 atom stereocenters. The first-order valence-electron chi connectivity index (χ1n) is 9.97. The summed E-state index contributed by atoms with van der Waals surface area (Å²) >= 11 is 0. The molecule has 5 unspecified atom stereocenters. The van der Waals surface area contributed by atoms with Gasteiger partial charge in [0.2, 0.25) is 0 Å². The predicted molar refractivity (Wildman–Crippen MR) is 99.2 cm³/mol. The number of fused-ring (bicyclic) bond motifs is 1. The summed E-state index contributed by atoms with van der Waals surface area (Å²) < 4.78 is 0. The Hall–Kier alpha value is -1.13. The minimum atomic E-state index is -0.719. The first-order chi connectivity index (χ1) is 12.0. The van der Waals surface area contributed by atoms with Gasteiger partial charge in [0, 0.05) is 12.3 Å². The summed E-state index contributed by atoms with van der Waals surface area (Å²) in [4.78, 5) is 10.6. The van der Waals surface area contributed by atoms with Gasteiger partial charge in [0.15, 0.2) is 0 Å². The van der Waals surface area contributed by atoms with E-state index >= 15 is 0 Å². The number of hydrogen-bond acceptors (Lipinski definition) is 3. The maximum absolute atomic E-state index is 10.6. The minimum absolute atomic E-state index is 0.138. The minimum Gasteiger partial charge on any atom is -0.481 e. The van der Waals surface area contributed by atoms with Gasteiger partial charge >= 0.3 is 5.97 Å². The van der Waals surface area contributed by atoms with Crippen LogP contribution >= 0.6 is 0 Å². The number of carbonyl (C=O) groups is 1. The number of rotatable bonds is 11. The van der Waals surface area contributed by atoms with E-state index in [4.69, 9.17) is 5.11 Å². The van der Waals surface area contributed by atoms with Crippen LogP contribution in [-0.4, -0.2) is 33.5 Å². The highest BCUT2D eigenvalue weighted by Gasteiger charge is 2.43. The number of carboxylic acids is 1. The van der Waals surface area contributed by atoms with Gasteiger partial charge in [-0.05, 0) is 50.4 Å². The van der Waals surface area contributed by atoms with E-state index < -0.39 is 12.1 Å². The van der Waals surface area contributed by atoms with Gasteiger partial charge in [0.1, 0.15) is 0 Å². The van der Waals surface area contributed by atoms with E-state index in [2.05, 4.69) is 13.0 Å². The zero-order chi connectivity index (χ0) is 18.2. The molecule has 4 heteroatoms. The number of allylic oxidation sites excluding steroid dienone is 2. The largest absolute Gasteiger partial charge is 0.481 e. The standard InChI is InChI=1S/C21H34O4/c1-2-3-4-8-17(22)10-11-18-19-13-15(7-5-6-9-21(24)25)12-16(19)14-20(18)23/h10-12,16-20,22-23H,2-9,13-14H2,1H3,(H,24,25)/b11-10+. The lowest BCUT2D eigenvalue weighted by molar-refractivity contribution is -0.137. The predicted octanol–water partition coefficient (Wildman–Crippen LogP) is 4.07. The molecule has 0 aromatic carbocycles. The molecular weight excluding hydrogens is 316 g/mol. The Labute approximate surface area is 151 Å². The highest BCUT2D eigenvalue weighted by molar-refractivity contribution is 5.66. The number of aliphatic hydroxyl groups excluding tert-OH is 2. The van der Waals surface area contributed by atoms with Crippen LogP contribution < -0.4 is 0 Å². The molecule has 142 valence electrons. The molecule has 0 bridgehead atoms. The van der Waals surface area contributed by atoms with Gasteiger partial charge in [-0.25, -0.2) is 0 Å². The highest BCUT2D eigenvalue weighted by atomic mass is 16.4. The molecule has 0 aromatic heterocycles. The SMILES string of the molecule is CCCCCC(O)/C=C/C1C(O)CC2C=C(CCCCC(=O)O)CC21. The third-order valence-electron chi connectivity index (χ3n) is 5.75. The molecule has 0 spiro atoms. The average Bonchev–Trinajstić information content (AvgIpc) is 3.06. The van der Waals surface area contributed by atoms with Crippen LogP contribution in [0.3, 0.4) is 0 Å². The second-order valence-electron chi connectivity index (χ2n) is 7.79. The fraction of sp³-hybridized carbons (Fsp3) is 0.762. The Bertz CT molecular complexity index is 482. The number of aliphatic hydroxyl groups is 2. The smallest absolute Gasteiger partial charge is 0.303 e. The van der Waals surface area contributed by atoms with Crippen molar-refractivity contribution in [1.29, 1.82) is 0 Å². The van der Waals surface area contributed by atoms with Gasteiger partial charge in [0.25, 0.3) is 0 Å². The summed E-state index contributed by atoms with van der Waals surface area (Å²) in [6, 6.07) is 0. The zero-order valence-electron chi connectivity index (χ0n) is 15.4. The molecule has 4 nitrogen and oxygen atoms in total. The van der Waals surface area contributed by atoms with Crippen LogP contribution in [0.1, 0.15) is 71.1 Å². The van der Waals surface area contributed by atoms with Gasteiger partial charge in [-0.15, -0.1) is 0 Å². The Balaban J connectivity index is 1.78. The third-order valence-corrected chi connectivity index (χ3v) is 5.75. The molecule has 0 aromatic rings. The van der Waals surface area contributed by atoms with Crippen LogP contribution in [0.25, 0.3) is 0 Å². The van der Waals surface area contributed by atoms with Crippen LogP contribution in [0, 0.1) is 17.8 Å². The van der Waals surface area contributed by atoms with Crippen LogP contribution in [0.15, 0.2) is 23.8 Å². The Morgan fingerprint density at radius 1 is 1.32 bits per heavy atom. The van der Waals surface area contributed by atoms with Crippen molar-refractivity contribution in [2.75, 3.05) is 0 Å². The first kappa shape index (κ1) is 20.2. The molecule has 3 N–H and O–H groups in total. The Morgan fingerprint density at radius 2 is 2.12 bits per heavy atom. The van der Waals surface area contributed by atoms with Crippen LogP contribution in [0.5, 0.6) is 0 Å². The fourth-order valence-corrected chi connectivity index (χ4v) is 4.38. The molecule has 0 aliphatic heterocycles. The molecule has 0 radical (unpaired) electrons. The molecule has 1 saturated carbocycles. The second-order valence-corrected chi connectivity index (χ2v) is 7.79. The molecule has 0 amide bonds. The Morgan fingerprint density at radius 3 is 2.84 bits per heavy atom. The summed E-state index contributed by atoms with van der Waals surface area (Å²) in [5.74, 6) is 0.307. The molecule has 0 heterocycles. The number of hydrogen-bond donors (Lipinski definition) is 3. The number of aliphatic carboxylic acids is 1. The van der Waals surface area contributed by atoms with Crippen molar-refractivity contribution >= 4 is 5.97 Å². The summed E-state index contributed by atoms with van der Waals surface area (Å²) in [6.45, 7) is 2.16. The van der Waals surface area contributed by atoms with Crippen LogP contribution in [-0.2, 0) is 4.79 Å². The van der Waals surface area contributed by atoms with Crippen molar-refractivity contribution in [3.05, 3.63) is 23.8 Å². The third kappa shape index (κ3) is 6.27. The van der Waals surface area contributed by atoms with Crippen molar-refractivity contribution in [2.45, 2.75) is 83.3 Å². The summed E-state index contributed by atoms with van der Waals surface area (Å²) in [7, 11) is 0. The quantitative estimate of drug-likeness (QED) is 0.388. The van der Waals surface area contributed by atoms with E-state index in [9.17, 15) is 15.0 Å². The topological polar surface area (TPSA) is 77.8 Å². The number of carboxylic acid groups (broad SMARTS) is 1. The van der Waals surface area contributed by atoms with Crippen molar-refractivity contribution in [2.24, 2.45) is 17.8 Å². The van der Waals surface area contributed by atoms with Crippen molar-refractivity contribution in [1.82, 2.24) is 0 Å². The van der Waals surface area contributed by atoms with E-state index in [-0.39, 0.29) is 18.4 Å². The monoisotopic (exact) mass is 350 g/mol. The first-order valence-corrected chi connectivity index (χ1v) is 9.97. The van der Waals surface area contributed by atoms with Gasteiger partial charge < -0.3 is 15.3 Å². The van der Waals surface area contributed by atoms with Gasteiger partial charge in [0.05, 0.1) is 12.2 Å². The molecular formula is C21H34O4. The molecule has 2 rings (SSSR count). The summed E-state index contributed by atoms with van der Waals surface area (Å²) in [6.07, 6.45) is 14.4. The molecule has 0 saturated heterocycles. The molecule has 25 heavy (non-hydrogen) atoms. The van der Waals surface area contributed by atoms with Crippen molar-refractivity contribution in [3.63, 3.8) is 0 Å². The molecule has 2 aliphatic rings. The maximum atomic E-state index is 10.6.